The Morgan fingerprint density at radius 3 is 2.50 bits per heavy atom. The molecule has 0 aliphatic heterocycles. The number of rotatable bonds is 3. The van der Waals surface area contributed by atoms with E-state index in [1.165, 1.54) is 0 Å². The van der Waals surface area contributed by atoms with E-state index in [1.807, 2.05) is 25.1 Å². The van der Waals surface area contributed by atoms with E-state index >= 15 is 0 Å². The SMILES string of the molecule is Cc1ccc(C(=O)NC(CN)C(C)(C)C)c(Br)c1. The van der Waals surface area contributed by atoms with Gasteiger partial charge in [-0.25, -0.2) is 0 Å². The molecule has 0 spiro atoms. The van der Waals surface area contributed by atoms with E-state index in [2.05, 4.69) is 42.0 Å². The van der Waals surface area contributed by atoms with Crippen molar-refractivity contribution in [3.63, 3.8) is 0 Å². The van der Waals surface area contributed by atoms with Gasteiger partial charge in [-0.05, 0) is 46.0 Å². The van der Waals surface area contributed by atoms with Crippen LogP contribution in [0.15, 0.2) is 22.7 Å². The fourth-order valence-electron chi connectivity index (χ4n) is 1.67. The van der Waals surface area contributed by atoms with Gasteiger partial charge in [0, 0.05) is 17.1 Å². The molecule has 4 heteroatoms. The quantitative estimate of drug-likeness (QED) is 0.901. The Bertz CT molecular complexity index is 438. The first-order valence-electron chi connectivity index (χ1n) is 6.02. The van der Waals surface area contributed by atoms with Crippen LogP contribution in [0.4, 0.5) is 0 Å². The summed E-state index contributed by atoms with van der Waals surface area (Å²) >= 11 is 3.42. The summed E-state index contributed by atoms with van der Waals surface area (Å²) < 4.78 is 0.810. The Morgan fingerprint density at radius 2 is 2.06 bits per heavy atom. The maximum Gasteiger partial charge on any atom is 0.252 e. The molecule has 18 heavy (non-hydrogen) atoms. The normalized spacial score (nSPS) is 13.2. The molecule has 1 unspecified atom stereocenters. The molecule has 3 nitrogen and oxygen atoms in total. The van der Waals surface area contributed by atoms with Gasteiger partial charge in [0.05, 0.1) is 5.56 Å². The van der Waals surface area contributed by atoms with Crippen molar-refractivity contribution in [2.24, 2.45) is 11.1 Å². The minimum Gasteiger partial charge on any atom is -0.347 e. The van der Waals surface area contributed by atoms with Crippen LogP contribution in [0.1, 0.15) is 36.7 Å². The van der Waals surface area contributed by atoms with Crippen molar-refractivity contribution in [1.29, 1.82) is 0 Å². The van der Waals surface area contributed by atoms with Gasteiger partial charge >= 0.3 is 0 Å². The van der Waals surface area contributed by atoms with Gasteiger partial charge in [-0.15, -0.1) is 0 Å². The molecule has 0 aliphatic rings. The molecule has 0 heterocycles. The highest BCUT2D eigenvalue weighted by atomic mass is 79.9. The van der Waals surface area contributed by atoms with Crippen molar-refractivity contribution in [1.82, 2.24) is 5.32 Å². The maximum absolute atomic E-state index is 12.2. The first-order chi connectivity index (χ1) is 8.25. The lowest BCUT2D eigenvalue weighted by atomic mass is 9.86. The summed E-state index contributed by atoms with van der Waals surface area (Å²) in [5.74, 6) is -0.0905. The number of nitrogens with one attached hydrogen (secondary N) is 1. The van der Waals surface area contributed by atoms with Gasteiger partial charge in [-0.2, -0.15) is 0 Å². The summed E-state index contributed by atoms with van der Waals surface area (Å²) in [4.78, 5) is 12.2. The summed E-state index contributed by atoms with van der Waals surface area (Å²) in [5, 5.41) is 2.99. The Kier molecular flexibility index (Phi) is 4.93. The lowest BCUT2D eigenvalue weighted by Gasteiger charge is -2.30. The van der Waals surface area contributed by atoms with E-state index < -0.39 is 0 Å². The van der Waals surface area contributed by atoms with Gasteiger partial charge in [-0.1, -0.05) is 26.8 Å². The molecule has 1 aromatic rings. The number of carbonyl (C=O) groups excluding carboxylic acids is 1. The molecule has 0 saturated carbocycles. The van der Waals surface area contributed by atoms with Crippen LogP contribution in [0.2, 0.25) is 0 Å². The Hall–Kier alpha value is -0.870. The van der Waals surface area contributed by atoms with E-state index in [4.69, 9.17) is 5.73 Å². The molecular weight excluding hydrogens is 292 g/mol. The highest BCUT2D eigenvalue weighted by Gasteiger charge is 2.25. The summed E-state index contributed by atoms with van der Waals surface area (Å²) in [6, 6.07) is 5.64. The number of amides is 1. The van der Waals surface area contributed by atoms with E-state index in [0.717, 1.165) is 10.0 Å². The third-order valence-corrected chi connectivity index (χ3v) is 3.61. The van der Waals surface area contributed by atoms with Crippen LogP contribution in [0, 0.1) is 12.3 Å². The Morgan fingerprint density at radius 1 is 1.44 bits per heavy atom. The number of halogens is 1. The number of benzene rings is 1. The minimum atomic E-state index is -0.0905. The molecule has 3 N–H and O–H groups in total. The molecule has 1 rings (SSSR count). The molecule has 100 valence electrons. The minimum absolute atomic E-state index is 0.0433. The van der Waals surface area contributed by atoms with Gasteiger partial charge in [0.1, 0.15) is 0 Å². The van der Waals surface area contributed by atoms with Crippen LogP contribution >= 0.6 is 15.9 Å². The number of carbonyl (C=O) groups is 1. The number of hydrogen-bond acceptors (Lipinski definition) is 2. The number of hydrogen-bond donors (Lipinski definition) is 2. The second kappa shape index (κ2) is 5.85. The van der Waals surface area contributed by atoms with Crippen molar-refractivity contribution >= 4 is 21.8 Å². The fraction of sp³-hybridized carbons (Fsp3) is 0.500. The largest absolute Gasteiger partial charge is 0.347 e. The fourth-order valence-corrected chi connectivity index (χ4v) is 2.34. The van der Waals surface area contributed by atoms with Gasteiger partial charge in [0.25, 0.3) is 5.91 Å². The van der Waals surface area contributed by atoms with Gasteiger partial charge in [0.15, 0.2) is 0 Å². The van der Waals surface area contributed by atoms with Crippen LogP contribution < -0.4 is 11.1 Å². The molecule has 0 fully saturated rings. The predicted molar refractivity (Wildman–Crippen MR) is 78.6 cm³/mol. The molecule has 0 aliphatic carbocycles. The van der Waals surface area contributed by atoms with Crippen molar-refractivity contribution in [3.8, 4) is 0 Å². The predicted octanol–water partition coefficient (Wildman–Crippen LogP) is 2.86. The average Bonchev–Trinajstić information content (AvgIpc) is 2.23. The van der Waals surface area contributed by atoms with Crippen molar-refractivity contribution in [2.45, 2.75) is 33.7 Å². The second-order valence-corrected chi connectivity index (χ2v) is 6.47. The molecule has 1 amide bonds. The third-order valence-electron chi connectivity index (χ3n) is 2.96. The zero-order valence-electron chi connectivity index (χ0n) is 11.4. The summed E-state index contributed by atoms with van der Waals surface area (Å²) in [7, 11) is 0. The van der Waals surface area contributed by atoms with Gasteiger partial charge in [-0.3, -0.25) is 4.79 Å². The number of aryl methyl sites for hydroxylation is 1. The van der Waals surface area contributed by atoms with Crippen LogP contribution in [-0.4, -0.2) is 18.5 Å². The smallest absolute Gasteiger partial charge is 0.252 e. The van der Waals surface area contributed by atoms with Crippen molar-refractivity contribution in [3.05, 3.63) is 33.8 Å². The lowest BCUT2D eigenvalue weighted by Crippen LogP contribution is -2.48. The molecule has 0 aromatic heterocycles. The third kappa shape index (κ3) is 3.82. The lowest BCUT2D eigenvalue weighted by molar-refractivity contribution is 0.0904. The molecule has 0 bridgehead atoms. The summed E-state index contributed by atoms with van der Waals surface area (Å²) in [5.41, 5.74) is 7.42. The van der Waals surface area contributed by atoms with Crippen LogP contribution in [0.5, 0.6) is 0 Å². The molecule has 1 aromatic carbocycles. The van der Waals surface area contributed by atoms with Crippen molar-refractivity contribution in [2.75, 3.05) is 6.54 Å². The first kappa shape index (κ1) is 15.2. The maximum atomic E-state index is 12.2. The molecule has 0 saturated heterocycles. The van der Waals surface area contributed by atoms with E-state index in [0.29, 0.717) is 12.1 Å². The monoisotopic (exact) mass is 312 g/mol. The standard InChI is InChI=1S/C14H21BrN2O/c1-9-5-6-10(11(15)7-9)13(18)17-12(8-16)14(2,3)4/h5-7,12H,8,16H2,1-4H3,(H,17,18). The topological polar surface area (TPSA) is 55.1 Å². The van der Waals surface area contributed by atoms with Gasteiger partial charge in [0.2, 0.25) is 0 Å². The van der Waals surface area contributed by atoms with Crippen LogP contribution in [-0.2, 0) is 0 Å². The highest BCUT2D eigenvalue weighted by Crippen LogP contribution is 2.21. The molecular formula is C14H21BrN2O. The second-order valence-electron chi connectivity index (χ2n) is 5.61. The van der Waals surface area contributed by atoms with E-state index in [1.54, 1.807) is 0 Å². The molecule has 1 atom stereocenters. The Balaban J connectivity index is 2.88. The van der Waals surface area contributed by atoms with Crippen LogP contribution in [0.3, 0.4) is 0 Å². The number of nitrogens with two attached hydrogens (primary N) is 1. The Labute approximate surface area is 117 Å². The van der Waals surface area contributed by atoms with E-state index in [9.17, 15) is 4.79 Å². The van der Waals surface area contributed by atoms with E-state index in [-0.39, 0.29) is 17.4 Å². The van der Waals surface area contributed by atoms with Crippen molar-refractivity contribution < 1.29 is 4.79 Å². The van der Waals surface area contributed by atoms with Gasteiger partial charge < -0.3 is 11.1 Å². The first-order valence-corrected chi connectivity index (χ1v) is 6.82. The van der Waals surface area contributed by atoms with Crippen LogP contribution in [0.25, 0.3) is 0 Å². The summed E-state index contributed by atoms with van der Waals surface area (Å²) in [6.45, 7) is 8.61. The molecule has 0 radical (unpaired) electrons. The average molecular weight is 313 g/mol. The zero-order chi connectivity index (χ0) is 13.9. The zero-order valence-corrected chi connectivity index (χ0v) is 13.0. The summed E-state index contributed by atoms with van der Waals surface area (Å²) in [6.07, 6.45) is 0. The highest BCUT2D eigenvalue weighted by molar-refractivity contribution is 9.10.